The summed E-state index contributed by atoms with van der Waals surface area (Å²) in [7, 11) is 0. The van der Waals surface area contributed by atoms with Crippen molar-refractivity contribution in [3.05, 3.63) is 24.6 Å². The summed E-state index contributed by atoms with van der Waals surface area (Å²) in [4.78, 5) is 0. The van der Waals surface area contributed by atoms with Gasteiger partial charge in [-0.1, -0.05) is 6.58 Å². The minimum atomic E-state index is -0.476. The highest BCUT2D eigenvalue weighted by Crippen LogP contribution is 2.00. The minimum absolute atomic E-state index is 0.345. The van der Waals surface area contributed by atoms with E-state index in [2.05, 4.69) is 6.58 Å². The molecule has 0 saturated carbocycles. The molecule has 0 aromatic carbocycles. The van der Waals surface area contributed by atoms with Gasteiger partial charge in [0.15, 0.2) is 0 Å². The van der Waals surface area contributed by atoms with E-state index < -0.39 is 6.10 Å². The lowest BCUT2D eigenvalue weighted by Gasteiger charge is -1.95. The van der Waals surface area contributed by atoms with Crippen molar-refractivity contribution in [2.75, 3.05) is 0 Å². The highest BCUT2D eigenvalue weighted by atomic mass is 19.1. The number of aliphatic hydroxyl groups is 1. The molecular formula is C7H11FO. The van der Waals surface area contributed by atoms with Crippen molar-refractivity contribution in [3.63, 3.8) is 0 Å². The second kappa shape index (κ2) is 4.27. The summed E-state index contributed by atoms with van der Waals surface area (Å²) in [6, 6.07) is 0. The molecule has 1 N–H and O–H groups in total. The number of hydrogen-bond acceptors (Lipinski definition) is 1. The average molecular weight is 130 g/mol. The summed E-state index contributed by atoms with van der Waals surface area (Å²) in [5.74, 6) is -0.379. The van der Waals surface area contributed by atoms with E-state index in [0.717, 1.165) is 6.08 Å². The van der Waals surface area contributed by atoms with Crippen LogP contribution >= 0.6 is 0 Å². The van der Waals surface area contributed by atoms with E-state index in [1.54, 1.807) is 6.92 Å². The summed E-state index contributed by atoms with van der Waals surface area (Å²) in [6.45, 7) is 4.82. The third-order valence-electron chi connectivity index (χ3n) is 0.849. The van der Waals surface area contributed by atoms with Gasteiger partial charge < -0.3 is 5.11 Å². The fraction of sp³-hybridized carbons (Fsp3) is 0.429. The van der Waals surface area contributed by atoms with Crippen LogP contribution in [0.4, 0.5) is 4.39 Å². The Morgan fingerprint density at radius 2 is 2.44 bits per heavy atom. The van der Waals surface area contributed by atoms with Crippen molar-refractivity contribution in [3.8, 4) is 0 Å². The monoisotopic (exact) mass is 130 g/mol. The molecule has 0 aliphatic heterocycles. The van der Waals surface area contributed by atoms with Crippen molar-refractivity contribution in [1.29, 1.82) is 0 Å². The van der Waals surface area contributed by atoms with Gasteiger partial charge in [0.05, 0.1) is 6.10 Å². The maximum Gasteiger partial charge on any atom is 0.118 e. The van der Waals surface area contributed by atoms with Gasteiger partial charge in [-0.2, -0.15) is 0 Å². The third kappa shape index (κ3) is 5.24. The first kappa shape index (κ1) is 8.37. The lowest BCUT2D eigenvalue weighted by Crippen LogP contribution is -1.95. The van der Waals surface area contributed by atoms with Crippen LogP contribution in [0.5, 0.6) is 0 Å². The summed E-state index contributed by atoms with van der Waals surface area (Å²) in [6.07, 6.45) is 2.29. The smallest absolute Gasteiger partial charge is 0.118 e. The number of halogens is 1. The minimum Gasteiger partial charge on any atom is -0.393 e. The van der Waals surface area contributed by atoms with Gasteiger partial charge in [0, 0.05) is 0 Å². The van der Waals surface area contributed by atoms with Crippen molar-refractivity contribution in [2.45, 2.75) is 19.4 Å². The summed E-state index contributed by atoms with van der Waals surface area (Å²) in [5, 5.41) is 8.65. The first-order chi connectivity index (χ1) is 4.16. The van der Waals surface area contributed by atoms with Gasteiger partial charge >= 0.3 is 0 Å². The van der Waals surface area contributed by atoms with Gasteiger partial charge in [-0.15, -0.1) is 0 Å². The number of aliphatic hydroxyl groups excluding tert-OH is 1. The Hall–Kier alpha value is -0.630. The van der Waals surface area contributed by atoms with E-state index in [1.807, 2.05) is 0 Å². The molecule has 0 aromatic heterocycles. The predicted octanol–water partition coefficient (Wildman–Crippen LogP) is 1.80. The van der Waals surface area contributed by atoms with Gasteiger partial charge in [0.2, 0.25) is 0 Å². The number of hydrogen-bond donors (Lipinski definition) is 1. The molecule has 0 aliphatic carbocycles. The number of allylic oxidation sites excluding steroid dienone is 2. The molecule has 0 aliphatic rings. The average Bonchev–Trinajstić information content (AvgIpc) is 1.83. The molecular weight excluding hydrogens is 119 g/mol. The van der Waals surface area contributed by atoms with Crippen molar-refractivity contribution in [2.24, 2.45) is 0 Å². The van der Waals surface area contributed by atoms with E-state index in [0.29, 0.717) is 6.42 Å². The molecule has 9 heavy (non-hydrogen) atoms. The fourth-order valence-corrected chi connectivity index (χ4v) is 0.366. The first-order valence-electron chi connectivity index (χ1n) is 2.83. The Kier molecular flexibility index (Phi) is 3.97. The van der Waals surface area contributed by atoms with Gasteiger partial charge in [-0.25, -0.2) is 4.39 Å². The van der Waals surface area contributed by atoms with Crippen LogP contribution in [0.2, 0.25) is 0 Å². The largest absolute Gasteiger partial charge is 0.393 e. The third-order valence-corrected chi connectivity index (χ3v) is 0.849. The van der Waals surface area contributed by atoms with Crippen LogP contribution < -0.4 is 0 Å². The van der Waals surface area contributed by atoms with E-state index >= 15 is 0 Å². The molecule has 52 valence electrons. The molecule has 1 unspecified atom stereocenters. The maximum absolute atomic E-state index is 12.1. The van der Waals surface area contributed by atoms with Crippen LogP contribution in [0, 0.1) is 0 Å². The SMILES string of the molecule is C=C/C(F)=C\CC(C)O. The van der Waals surface area contributed by atoms with E-state index in [4.69, 9.17) is 5.11 Å². The summed E-state index contributed by atoms with van der Waals surface area (Å²) in [5.41, 5.74) is 0. The Bertz CT molecular complexity index is 116. The van der Waals surface area contributed by atoms with Crippen molar-refractivity contribution in [1.82, 2.24) is 0 Å². The lowest BCUT2D eigenvalue weighted by molar-refractivity contribution is 0.198. The summed E-state index contributed by atoms with van der Waals surface area (Å²) >= 11 is 0. The van der Waals surface area contributed by atoms with Crippen molar-refractivity contribution < 1.29 is 9.50 Å². The number of rotatable bonds is 3. The molecule has 0 spiro atoms. The van der Waals surface area contributed by atoms with Gasteiger partial charge in [0.25, 0.3) is 0 Å². The standard InChI is InChI=1S/C7H11FO/c1-3-7(8)5-4-6(2)9/h3,5-6,9H,1,4H2,2H3/b7-5+. The second-order valence-corrected chi connectivity index (χ2v) is 1.88. The van der Waals surface area contributed by atoms with E-state index in [9.17, 15) is 4.39 Å². The zero-order chi connectivity index (χ0) is 7.28. The Morgan fingerprint density at radius 1 is 1.89 bits per heavy atom. The Labute approximate surface area is 54.5 Å². The normalized spacial score (nSPS) is 15.2. The van der Waals surface area contributed by atoms with Crippen LogP contribution in [0.3, 0.4) is 0 Å². The molecule has 0 aromatic rings. The van der Waals surface area contributed by atoms with Gasteiger partial charge in [0.1, 0.15) is 5.83 Å². The molecule has 0 heterocycles. The molecule has 0 amide bonds. The molecule has 0 saturated heterocycles. The quantitative estimate of drug-likeness (QED) is 0.577. The highest BCUT2D eigenvalue weighted by Gasteiger charge is 1.91. The van der Waals surface area contributed by atoms with E-state index in [1.165, 1.54) is 6.08 Å². The zero-order valence-corrected chi connectivity index (χ0v) is 5.47. The zero-order valence-electron chi connectivity index (χ0n) is 5.47. The predicted molar refractivity (Wildman–Crippen MR) is 35.7 cm³/mol. The molecule has 0 rings (SSSR count). The van der Waals surface area contributed by atoms with Crippen LogP contribution in [-0.4, -0.2) is 11.2 Å². The molecule has 0 bridgehead atoms. The van der Waals surface area contributed by atoms with Crippen LogP contribution in [-0.2, 0) is 0 Å². The molecule has 1 nitrogen and oxygen atoms in total. The van der Waals surface area contributed by atoms with Crippen LogP contribution in [0.25, 0.3) is 0 Å². The Balaban J connectivity index is 3.56. The molecule has 2 heteroatoms. The van der Waals surface area contributed by atoms with E-state index in [-0.39, 0.29) is 5.83 Å². The van der Waals surface area contributed by atoms with Crippen molar-refractivity contribution >= 4 is 0 Å². The topological polar surface area (TPSA) is 20.2 Å². The summed E-state index contributed by atoms with van der Waals surface area (Å²) < 4.78 is 12.1. The first-order valence-corrected chi connectivity index (χ1v) is 2.83. The molecule has 0 radical (unpaired) electrons. The van der Waals surface area contributed by atoms with Crippen LogP contribution in [0.15, 0.2) is 24.6 Å². The maximum atomic E-state index is 12.1. The molecule has 1 atom stereocenters. The highest BCUT2D eigenvalue weighted by molar-refractivity contribution is 5.06. The second-order valence-electron chi connectivity index (χ2n) is 1.88. The fourth-order valence-electron chi connectivity index (χ4n) is 0.366. The molecule has 0 fully saturated rings. The Morgan fingerprint density at radius 3 is 2.78 bits per heavy atom. The van der Waals surface area contributed by atoms with Gasteiger partial charge in [-0.05, 0) is 25.5 Å². The lowest BCUT2D eigenvalue weighted by atomic mass is 10.2. The van der Waals surface area contributed by atoms with Gasteiger partial charge in [-0.3, -0.25) is 0 Å². The van der Waals surface area contributed by atoms with Crippen LogP contribution in [0.1, 0.15) is 13.3 Å².